The lowest BCUT2D eigenvalue weighted by Gasteiger charge is -2.24. The first-order valence-electron chi connectivity index (χ1n) is 9.18. The maximum absolute atomic E-state index is 13.2. The summed E-state index contributed by atoms with van der Waals surface area (Å²) in [7, 11) is 2.16. The van der Waals surface area contributed by atoms with Gasteiger partial charge in [-0.1, -0.05) is 0 Å². The van der Waals surface area contributed by atoms with E-state index in [-0.39, 0.29) is 10.8 Å². The fourth-order valence-electron chi connectivity index (χ4n) is 3.39. The van der Waals surface area contributed by atoms with E-state index in [4.69, 9.17) is 0 Å². The van der Waals surface area contributed by atoms with Gasteiger partial charge in [-0.15, -0.1) is 0 Å². The summed E-state index contributed by atoms with van der Waals surface area (Å²) >= 11 is 0. The summed E-state index contributed by atoms with van der Waals surface area (Å²) in [6, 6.07) is 6.93. The normalized spacial score (nSPS) is 19.4. The summed E-state index contributed by atoms with van der Waals surface area (Å²) in [6.45, 7) is 2.21. The van der Waals surface area contributed by atoms with E-state index >= 15 is 0 Å². The Hall–Kier alpha value is -2.10. The van der Waals surface area contributed by atoms with Gasteiger partial charge in [-0.05, 0) is 43.7 Å². The average molecular weight is 408 g/mol. The molecule has 0 spiro atoms. The number of halogens is 1. The van der Waals surface area contributed by atoms with E-state index in [0.717, 1.165) is 18.1 Å². The third-order valence-corrected chi connectivity index (χ3v) is 6.76. The van der Waals surface area contributed by atoms with Crippen molar-refractivity contribution < 1.29 is 12.8 Å². The van der Waals surface area contributed by atoms with Crippen molar-refractivity contribution in [2.45, 2.75) is 11.3 Å². The minimum Gasteiger partial charge on any atom is -0.363 e. The minimum absolute atomic E-state index is 0.0904. The molecule has 0 saturated carbocycles. The highest BCUT2D eigenvalue weighted by atomic mass is 32.2. The van der Waals surface area contributed by atoms with Gasteiger partial charge in [-0.2, -0.15) is 4.31 Å². The highest BCUT2D eigenvalue weighted by molar-refractivity contribution is 7.89. The monoisotopic (exact) mass is 407 g/mol. The van der Waals surface area contributed by atoms with Crippen molar-refractivity contribution in [3.63, 3.8) is 0 Å². The topological polar surface area (TPSA) is 69.6 Å². The molecule has 7 nitrogen and oxygen atoms in total. The molecule has 0 radical (unpaired) electrons. The number of sulfonamides is 1. The number of aromatic nitrogens is 2. The highest BCUT2D eigenvalue weighted by Gasteiger charge is 2.30. The van der Waals surface area contributed by atoms with Crippen molar-refractivity contribution in [1.29, 1.82) is 0 Å². The molecule has 1 atom stereocenters. The Bertz CT molecular complexity index is 905. The number of hydrogen-bond acceptors (Lipinski definition) is 6. The van der Waals surface area contributed by atoms with E-state index in [1.54, 1.807) is 0 Å². The fourth-order valence-corrected chi connectivity index (χ4v) is 4.90. The molecule has 3 rings (SSSR count). The number of hydrogen-bond donors (Lipinski definition) is 0. The van der Waals surface area contributed by atoms with Gasteiger partial charge in [0.2, 0.25) is 10.0 Å². The second-order valence-electron chi connectivity index (χ2n) is 7.41. The number of anilines is 1. The lowest BCUT2D eigenvalue weighted by atomic mass is 10.0. The number of benzene rings is 1. The van der Waals surface area contributed by atoms with Crippen LogP contribution in [-0.2, 0) is 16.4 Å². The summed E-state index contributed by atoms with van der Waals surface area (Å²) in [5, 5.41) is 0. The molecule has 0 bridgehead atoms. The van der Waals surface area contributed by atoms with E-state index in [2.05, 4.69) is 14.9 Å². The maximum atomic E-state index is 13.2. The van der Waals surface area contributed by atoms with E-state index in [9.17, 15) is 12.8 Å². The summed E-state index contributed by atoms with van der Waals surface area (Å²) < 4.78 is 40.8. The highest BCUT2D eigenvalue weighted by Crippen LogP contribution is 2.22. The zero-order valence-electron chi connectivity index (χ0n) is 16.4. The Labute approximate surface area is 165 Å². The lowest BCUT2D eigenvalue weighted by Crippen LogP contribution is -2.36. The number of nitrogens with zero attached hydrogens (tertiary/aromatic N) is 5. The fraction of sp³-hybridized carbons (Fsp3) is 0.474. The van der Waals surface area contributed by atoms with Crippen LogP contribution in [0.15, 0.2) is 41.6 Å². The van der Waals surface area contributed by atoms with E-state index < -0.39 is 15.8 Å². The van der Waals surface area contributed by atoms with Gasteiger partial charge in [0.05, 0.1) is 4.90 Å². The standard InChI is InChI=1S/C19H26FN5O2S/c1-23(2)19-11-17(21-14-22-19)10-15-12-24(3)8-9-25(13-15)28(26,27)18-6-4-16(20)5-7-18/h4-7,11,14-15H,8-10,12-13H2,1-3H3/t15-/m0/s1. The van der Waals surface area contributed by atoms with Crippen molar-refractivity contribution in [2.75, 3.05) is 52.2 Å². The van der Waals surface area contributed by atoms with E-state index in [1.807, 2.05) is 32.1 Å². The second kappa shape index (κ2) is 8.50. The van der Waals surface area contributed by atoms with Crippen molar-refractivity contribution in [2.24, 2.45) is 5.92 Å². The van der Waals surface area contributed by atoms with Crippen molar-refractivity contribution in [1.82, 2.24) is 19.2 Å². The van der Waals surface area contributed by atoms with Crippen LogP contribution in [0, 0.1) is 11.7 Å². The zero-order chi connectivity index (χ0) is 20.3. The molecular formula is C19H26FN5O2S. The van der Waals surface area contributed by atoms with Crippen LogP contribution in [0.25, 0.3) is 0 Å². The molecule has 9 heteroatoms. The third-order valence-electron chi connectivity index (χ3n) is 4.88. The molecule has 1 fully saturated rings. The molecule has 0 unspecified atom stereocenters. The Kier molecular flexibility index (Phi) is 6.26. The molecule has 1 aromatic carbocycles. The Morgan fingerprint density at radius 1 is 1.14 bits per heavy atom. The van der Waals surface area contributed by atoms with Crippen LogP contribution in [0.1, 0.15) is 5.69 Å². The predicted molar refractivity (Wildman–Crippen MR) is 106 cm³/mol. The van der Waals surface area contributed by atoms with Crippen LogP contribution in [0.2, 0.25) is 0 Å². The third kappa shape index (κ3) is 4.84. The predicted octanol–water partition coefficient (Wildman–Crippen LogP) is 1.48. The molecule has 1 aliphatic heterocycles. The molecule has 2 aromatic rings. The summed E-state index contributed by atoms with van der Waals surface area (Å²) in [4.78, 5) is 12.8. The molecule has 152 valence electrons. The Balaban J connectivity index is 1.81. The summed E-state index contributed by atoms with van der Waals surface area (Å²) in [5.74, 6) is 0.461. The van der Waals surface area contributed by atoms with Crippen LogP contribution < -0.4 is 4.90 Å². The molecule has 0 aliphatic carbocycles. The van der Waals surface area contributed by atoms with Gasteiger partial charge >= 0.3 is 0 Å². The minimum atomic E-state index is -3.67. The van der Waals surface area contributed by atoms with Gasteiger partial charge in [0.15, 0.2) is 0 Å². The summed E-state index contributed by atoms with van der Waals surface area (Å²) in [6.07, 6.45) is 2.20. The first-order valence-corrected chi connectivity index (χ1v) is 10.6. The van der Waals surface area contributed by atoms with Crippen molar-refractivity contribution in [3.8, 4) is 0 Å². The van der Waals surface area contributed by atoms with Crippen molar-refractivity contribution in [3.05, 3.63) is 48.2 Å². The average Bonchev–Trinajstić information content (AvgIpc) is 2.84. The van der Waals surface area contributed by atoms with E-state index in [0.29, 0.717) is 26.1 Å². The first-order chi connectivity index (χ1) is 13.3. The molecule has 1 aromatic heterocycles. The van der Waals surface area contributed by atoms with Crippen LogP contribution in [-0.4, -0.2) is 74.9 Å². The van der Waals surface area contributed by atoms with Crippen molar-refractivity contribution >= 4 is 15.8 Å². The van der Waals surface area contributed by atoms with Crippen LogP contribution in [0.4, 0.5) is 10.2 Å². The van der Waals surface area contributed by atoms with Gasteiger partial charge < -0.3 is 9.80 Å². The lowest BCUT2D eigenvalue weighted by molar-refractivity contribution is 0.307. The quantitative estimate of drug-likeness (QED) is 0.748. The van der Waals surface area contributed by atoms with E-state index in [1.165, 1.54) is 34.9 Å². The van der Waals surface area contributed by atoms with Gasteiger partial charge in [-0.3, -0.25) is 0 Å². The largest absolute Gasteiger partial charge is 0.363 e. The molecule has 0 N–H and O–H groups in total. The molecule has 1 saturated heterocycles. The molecule has 1 aliphatic rings. The zero-order valence-corrected chi connectivity index (χ0v) is 17.2. The van der Waals surface area contributed by atoms with Crippen LogP contribution in [0.5, 0.6) is 0 Å². The maximum Gasteiger partial charge on any atom is 0.243 e. The molecular weight excluding hydrogens is 381 g/mol. The van der Waals surface area contributed by atoms with Gasteiger partial charge in [0.1, 0.15) is 18.0 Å². The van der Waals surface area contributed by atoms with Crippen LogP contribution >= 0.6 is 0 Å². The SMILES string of the molecule is CN1CCN(S(=O)(=O)c2ccc(F)cc2)C[C@@H](Cc2cc(N(C)C)ncn2)C1. The smallest absolute Gasteiger partial charge is 0.243 e. The number of likely N-dealkylation sites (N-methyl/N-ethyl adjacent to an activating group) is 1. The number of rotatable bonds is 5. The molecule has 0 amide bonds. The Morgan fingerprint density at radius 3 is 2.54 bits per heavy atom. The van der Waals surface area contributed by atoms with Gasteiger partial charge in [-0.25, -0.2) is 22.8 Å². The van der Waals surface area contributed by atoms with Gasteiger partial charge in [0.25, 0.3) is 0 Å². The van der Waals surface area contributed by atoms with Gasteiger partial charge in [0, 0.05) is 52.0 Å². The Morgan fingerprint density at radius 2 is 1.86 bits per heavy atom. The van der Waals surface area contributed by atoms with Crippen LogP contribution in [0.3, 0.4) is 0 Å². The summed E-state index contributed by atoms with van der Waals surface area (Å²) in [5.41, 5.74) is 0.887. The second-order valence-corrected chi connectivity index (χ2v) is 9.35. The first kappa shape index (κ1) is 20.6. The molecule has 2 heterocycles. The molecule has 28 heavy (non-hydrogen) atoms.